The molecule has 39 heavy (non-hydrogen) atoms. The van der Waals surface area contributed by atoms with Gasteiger partial charge in [-0.25, -0.2) is 0 Å². The Balaban J connectivity index is 1.44. The number of carbonyl (C=O) groups is 3. The minimum atomic E-state index is -1.35. The van der Waals surface area contributed by atoms with Crippen molar-refractivity contribution in [2.75, 3.05) is 19.8 Å². The number of carbonyl (C=O) groups excluding carboxylic acids is 3. The fourth-order valence-electron chi connectivity index (χ4n) is 6.57. The third kappa shape index (κ3) is 4.37. The molecule has 2 amide bonds. The summed E-state index contributed by atoms with van der Waals surface area (Å²) in [5.74, 6) is -2.94. The van der Waals surface area contributed by atoms with Gasteiger partial charge in [-0.1, -0.05) is 85.0 Å². The van der Waals surface area contributed by atoms with E-state index in [1.54, 1.807) is 4.90 Å². The van der Waals surface area contributed by atoms with Crippen LogP contribution in [0.2, 0.25) is 0 Å². The molecule has 0 aromatic heterocycles. The highest BCUT2D eigenvalue weighted by atomic mass is 16.6. The van der Waals surface area contributed by atoms with Crippen molar-refractivity contribution < 1.29 is 29.0 Å². The molecule has 6 atom stereocenters. The lowest BCUT2D eigenvalue weighted by molar-refractivity contribution is -0.156. The van der Waals surface area contributed by atoms with E-state index in [2.05, 4.69) is 0 Å². The van der Waals surface area contributed by atoms with Crippen LogP contribution in [0.3, 0.4) is 0 Å². The predicted molar refractivity (Wildman–Crippen MR) is 142 cm³/mol. The maximum Gasteiger partial charge on any atom is 0.312 e. The largest absolute Gasteiger partial charge is 0.465 e. The predicted octanol–water partition coefficient (Wildman–Crippen LogP) is 2.27. The van der Waals surface area contributed by atoms with Crippen molar-refractivity contribution >= 4 is 17.8 Å². The molecule has 2 aromatic rings. The lowest BCUT2D eigenvalue weighted by Crippen LogP contribution is -2.58. The van der Waals surface area contributed by atoms with E-state index < -0.39 is 41.6 Å². The molecule has 0 radical (unpaired) electrons. The molecule has 8 nitrogen and oxygen atoms in total. The number of esters is 1. The third-order valence-electron chi connectivity index (χ3n) is 8.28. The van der Waals surface area contributed by atoms with Crippen LogP contribution in [-0.2, 0) is 36.8 Å². The number of hydrogen-bond acceptors (Lipinski definition) is 6. The van der Waals surface area contributed by atoms with Gasteiger partial charge in [0.1, 0.15) is 17.6 Å². The molecule has 202 valence electrons. The number of rotatable bonds is 6. The van der Waals surface area contributed by atoms with Crippen LogP contribution in [0.5, 0.6) is 0 Å². The van der Waals surface area contributed by atoms with Gasteiger partial charge >= 0.3 is 5.97 Å². The number of aliphatic hydroxyl groups is 1. The lowest BCUT2D eigenvalue weighted by Gasteiger charge is -2.38. The lowest BCUT2D eigenvalue weighted by atomic mass is 9.77. The molecule has 1 spiro atoms. The number of fused-ring (bicyclic) bond motifs is 2. The van der Waals surface area contributed by atoms with Gasteiger partial charge in [-0.05, 0) is 24.0 Å². The highest BCUT2D eigenvalue weighted by Gasteiger charge is 2.72. The van der Waals surface area contributed by atoms with Crippen molar-refractivity contribution in [3.8, 4) is 0 Å². The Labute approximate surface area is 227 Å². The van der Waals surface area contributed by atoms with Gasteiger partial charge in [0, 0.05) is 13.1 Å². The normalized spacial score (nSPS) is 30.6. The zero-order valence-corrected chi connectivity index (χ0v) is 21.6. The first-order valence-corrected chi connectivity index (χ1v) is 13.5. The van der Waals surface area contributed by atoms with Crippen LogP contribution in [0.25, 0.3) is 0 Å². The summed E-state index contributed by atoms with van der Waals surface area (Å²) in [6.45, 7) is 0.587. The van der Waals surface area contributed by atoms with Crippen molar-refractivity contribution in [3.05, 3.63) is 96.1 Å². The second kappa shape index (κ2) is 10.4. The molecule has 2 saturated heterocycles. The number of aliphatic hydroxyl groups excluding tert-OH is 1. The van der Waals surface area contributed by atoms with Gasteiger partial charge in [-0.3, -0.25) is 14.4 Å². The summed E-state index contributed by atoms with van der Waals surface area (Å²) in [6, 6.07) is 17.5. The first-order chi connectivity index (χ1) is 19.0. The van der Waals surface area contributed by atoms with Crippen molar-refractivity contribution in [2.45, 2.75) is 43.2 Å². The number of cyclic esters (lactones) is 1. The van der Waals surface area contributed by atoms with Gasteiger partial charge in [0.15, 0.2) is 0 Å². The quantitative estimate of drug-likeness (QED) is 0.457. The van der Waals surface area contributed by atoms with Gasteiger partial charge in [0.2, 0.25) is 11.8 Å². The minimum Gasteiger partial charge on any atom is -0.465 e. The molecule has 4 aliphatic heterocycles. The van der Waals surface area contributed by atoms with Gasteiger partial charge in [0.05, 0.1) is 31.3 Å². The van der Waals surface area contributed by atoms with Crippen LogP contribution >= 0.6 is 0 Å². The van der Waals surface area contributed by atoms with Crippen molar-refractivity contribution in [2.24, 2.45) is 11.8 Å². The molecule has 0 aliphatic carbocycles. The molecule has 4 heterocycles. The van der Waals surface area contributed by atoms with Crippen molar-refractivity contribution in [1.82, 2.24) is 9.80 Å². The molecule has 0 bridgehead atoms. The van der Waals surface area contributed by atoms with Gasteiger partial charge in [-0.2, -0.15) is 0 Å². The Bertz CT molecular complexity index is 1290. The summed E-state index contributed by atoms with van der Waals surface area (Å²) in [6.07, 6.45) is 7.63. The van der Waals surface area contributed by atoms with Crippen LogP contribution in [0, 0.1) is 11.8 Å². The Morgan fingerprint density at radius 3 is 2.38 bits per heavy atom. The van der Waals surface area contributed by atoms with Crippen molar-refractivity contribution in [1.29, 1.82) is 0 Å². The standard InChI is InChI=1S/C31H32N2O6/c34-20-23(18-21-10-3-1-4-11-21)33-27-29(36)32(19-22-12-5-2-6-13-22)16-9-15-31(27)26(28(33)35)25-24(39-31)14-7-8-17-38-30(25)37/h1-7,9-15,23-27,34H,8,16-20H2/t23-,24+,25-,26+,27?,31+/m1/s1. The second-order valence-electron chi connectivity index (χ2n) is 10.6. The second-order valence-corrected chi connectivity index (χ2v) is 10.6. The molecule has 1 N–H and O–H groups in total. The highest BCUT2D eigenvalue weighted by molar-refractivity contribution is 5.99. The summed E-state index contributed by atoms with van der Waals surface area (Å²) < 4.78 is 12.1. The number of nitrogens with zero attached hydrogens (tertiary/aromatic N) is 2. The Morgan fingerprint density at radius 2 is 1.67 bits per heavy atom. The molecular weight excluding hydrogens is 496 g/mol. The smallest absolute Gasteiger partial charge is 0.312 e. The van der Waals surface area contributed by atoms with Gasteiger partial charge in [0.25, 0.3) is 0 Å². The maximum absolute atomic E-state index is 14.4. The molecule has 2 fully saturated rings. The monoisotopic (exact) mass is 528 g/mol. The van der Waals surface area contributed by atoms with Gasteiger partial charge < -0.3 is 24.4 Å². The molecule has 6 rings (SSSR count). The average Bonchev–Trinajstić information content (AvgIpc) is 3.34. The Hall–Kier alpha value is -3.75. The van der Waals surface area contributed by atoms with E-state index in [0.29, 0.717) is 25.9 Å². The molecule has 0 saturated carbocycles. The SMILES string of the molecule is O=C1OCCC=C[C@@H]2O[C@]34C=CCN(Cc5ccccc5)C(=O)C3N([C@@H](CO)Cc3ccccc3)C(=O)[C@@H]4[C@H]12. The van der Waals surface area contributed by atoms with E-state index in [1.807, 2.05) is 85.0 Å². The van der Waals surface area contributed by atoms with Gasteiger partial charge in [-0.15, -0.1) is 0 Å². The summed E-state index contributed by atoms with van der Waals surface area (Å²) in [5.41, 5.74) is 0.540. The topological polar surface area (TPSA) is 96.4 Å². The zero-order valence-electron chi connectivity index (χ0n) is 21.6. The van der Waals surface area contributed by atoms with Crippen molar-refractivity contribution in [3.63, 3.8) is 0 Å². The van der Waals surface area contributed by atoms with E-state index in [4.69, 9.17) is 9.47 Å². The first-order valence-electron chi connectivity index (χ1n) is 13.5. The minimum absolute atomic E-state index is 0.229. The van der Waals surface area contributed by atoms with E-state index in [-0.39, 0.29) is 25.0 Å². The van der Waals surface area contributed by atoms with E-state index in [9.17, 15) is 19.5 Å². The highest BCUT2D eigenvalue weighted by Crippen LogP contribution is 2.53. The number of ether oxygens (including phenoxy) is 2. The Morgan fingerprint density at radius 1 is 0.949 bits per heavy atom. The third-order valence-corrected chi connectivity index (χ3v) is 8.28. The maximum atomic E-state index is 14.4. The van der Waals surface area contributed by atoms with Crippen LogP contribution in [0.4, 0.5) is 0 Å². The fourth-order valence-corrected chi connectivity index (χ4v) is 6.57. The van der Waals surface area contributed by atoms with E-state index >= 15 is 0 Å². The van der Waals surface area contributed by atoms with E-state index in [1.165, 1.54) is 4.90 Å². The summed E-state index contributed by atoms with van der Waals surface area (Å²) in [5, 5.41) is 10.6. The Kier molecular flexibility index (Phi) is 6.83. The van der Waals surface area contributed by atoms with Crippen LogP contribution < -0.4 is 0 Å². The number of likely N-dealkylation sites (tertiary alicyclic amines) is 1. The number of amides is 2. The molecule has 4 aliphatic rings. The van der Waals surface area contributed by atoms with E-state index in [0.717, 1.165) is 11.1 Å². The molecule has 2 aromatic carbocycles. The van der Waals surface area contributed by atoms with Crippen LogP contribution in [-0.4, -0.2) is 76.2 Å². The summed E-state index contributed by atoms with van der Waals surface area (Å²) in [4.78, 5) is 45.2. The average molecular weight is 529 g/mol. The molecule has 1 unspecified atom stereocenters. The summed E-state index contributed by atoms with van der Waals surface area (Å²) in [7, 11) is 0. The number of benzene rings is 2. The fraction of sp³-hybridized carbons (Fsp3) is 0.387. The first kappa shape index (κ1) is 25.5. The molecule has 8 heteroatoms. The van der Waals surface area contributed by atoms with Crippen LogP contribution in [0.1, 0.15) is 17.5 Å². The summed E-state index contributed by atoms with van der Waals surface area (Å²) >= 11 is 0. The zero-order chi connectivity index (χ0) is 27.0. The molecular formula is C31H32N2O6. The number of hydrogen-bond donors (Lipinski definition) is 1. The van der Waals surface area contributed by atoms with Crippen LogP contribution in [0.15, 0.2) is 85.0 Å².